The van der Waals surface area contributed by atoms with Crippen LogP contribution in [0.2, 0.25) is 0 Å². The van der Waals surface area contributed by atoms with Gasteiger partial charge in [-0.3, -0.25) is 9.78 Å². The normalized spacial score (nSPS) is 16.9. The molecule has 1 unspecified atom stereocenters. The number of hydrogen-bond acceptors (Lipinski definition) is 4. The molecule has 0 saturated carbocycles. The first-order valence-electron chi connectivity index (χ1n) is 6.14. The molecule has 4 heteroatoms. The Morgan fingerprint density at radius 3 is 2.74 bits per heavy atom. The molecule has 1 aromatic heterocycles. The van der Waals surface area contributed by atoms with Gasteiger partial charge in [0.25, 0.3) is 0 Å². The minimum Gasteiger partial charge on any atom is -0.485 e. The highest BCUT2D eigenvalue weighted by atomic mass is 16.6. The first kappa shape index (κ1) is 11.7. The third-order valence-corrected chi connectivity index (χ3v) is 2.95. The molecular formula is C15H13NO3. The predicted molar refractivity (Wildman–Crippen MR) is 69.3 cm³/mol. The Balaban J connectivity index is 1.70. The molecule has 96 valence electrons. The van der Waals surface area contributed by atoms with Crippen LogP contribution >= 0.6 is 0 Å². The number of para-hydroxylation sites is 2. The van der Waals surface area contributed by atoms with Crippen LogP contribution in [0.1, 0.15) is 5.69 Å². The summed E-state index contributed by atoms with van der Waals surface area (Å²) in [4.78, 5) is 16.3. The van der Waals surface area contributed by atoms with Gasteiger partial charge in [0, 0.05) is 11.9 Å². The van der Waals surface area contributed by atoms with E-state index < -0.39 is 6.10 Å². The van der Waals surface area contributed by atoms with E-state index in [0.29, 0.717) is 11.5 Å². The number of carbonyl (C=O) groups is 1. The molecule has 2 heterocycles. The number of carbonyl (C=O) groups excluding carboxylic acids is 1. The number of Topliss-reactive ketones (excluding diaryl/α,β-unsaturated/α-hetero) is 1. The van der Waals surface area contributed by atoms with Crippen LogP contribution in [0.15, 0.2) is 48.7 Å². The maximum absolute atomic E-state index is 12.1. The van der Waals surface area contributed by atoms with E-state index in [1.54, 1.807) is 12.3 Å². The second-order valence-electron chi connectivity index (χ2n) is 4.33. The van der Waals surface area contributed by atoms with Gasteiger partial charge in [0.1, 0.15) is 6.61 Å². The van der Waals surface area contributed by atoms with Crippen LogP contribution in [0, 0.1) is 0 Å². The van der Waals surface area contributed by atoms with Gasteiger partial charge in [-0.1, -0.05) is 18.2 Å². The SMILES string of the molecule is O=C(Cc1ccccn1)C1COc2ccccc2O1. The monoisotopic (exact) mass is 255 g/mol. The molecule has 0 fully saturated rings. The van der Waals surface area contributed by atoms with Crippen LogP contribution in [-0.2, 0) is 11.2 Å². The van der Waals surface area contributed by atoms with Gasteiger partial charge >= 0.3 is 0 Å². The molecule has 0 bridgehead atoms. The summed E-state index contributed by atoms with van der Waals surface area (Å²) in [6.45, 7) is 0.253. The Labute approximate surface area is 111 Å². The molecule has 1 aliphatic heterocycles. The van der Waals surface area contributed by atoms with E-state index in [1.165, 1.54) is 0 Å². The molecule has 1 aromatic carbocycles. The van der Waals surface area contributed by atoms with Crippen molar-refractivity contribution in [3.05, 3.63) is 54.4 Å². The Bertz CT molecular complexity index is 583. The maximum Gasteiger partial charge on any atom is 0.191 e. The zero-order valence-electron chi connectivity index (χ0n) is 10.3. The van der Waals surface area contributed by atoms with Gasteiger partial charge in [-0.05, 0) is 24.3 Å². The van der Waals surface area contributed by atoms with Crippen LogP contribution < -0.4 is 9.47 Å². The topological polar surface area (TPSA) is 48.4 Å². The highest BCUT2D eigenvalue weighted by molar-refractivity contribution is 5.85. The molecule has 0 radical (unpaired) electrons. The zero-order chi connectivity index (χ0) is 13.1. The van der Waals surface area contributed by atoms with Crippen LogP contribution in [0.3, 0.4) is 0 Å². The predicted octanol–water partition coefficient (Wildman–Crippen LogP) is 2.03. The highest BCUT2D eigenvalue weighted by Gasteiger charge is 2.27. The first-order valence-corrected chi connectivity index (χ1v) is 6.14. The standard InChI is InChI=1S/C15H13NO3/c17-12(9-11-5-3-4-8-16-11)15-10-18-13-6-1-2-7-14(13)19-15/h1-8,15H,9-10H2. The van der Waals surface area contributed by atoms with Gasteiger partial charge in [-0.15, -0.1) is 0 Å². The van der Waals surface area contributed by atoms with Crippen LogP contribution in [-0.4, -0.2) is 23.5 Å². The van der Waals surface area contributed by atoms with E-state index in [9.17, 15) is 4.79 Å². The number of ketones is 1. The molecule has 0 spiro atoms. The van der Waals surface area contributed by atoms with Gasteiger partial charge in [0.15, 0.2) is 23.4 Å². The number of fused-ring (bicyclic) bond motifs is 1. The third kappa shape index (κ3) is 2.57. The van der Waals surface area contributed by atoms with Gasteiger partial charge in [0.2, 0.25) is 0 Å². The summed E-state index contributed by atoms with van der Waals surface area (Å²) in [6, 6.07) is 12.9. The van der Waals surface area contributed by atoms with Crippen molar-refractivity contribution < 1.29 is 14.3 Å². The number of ether oxygens (including phenoxy) is 2. The van der Waals surface area contributed by atoms with Crippen molar-refractivity contribution in [2.75, 3.05) is 6.61 Å². The quantitative estimate of drug-likeness (QED) is 0.842. The fourth-order valence-corrected chi connectivity index (χ4v) is 1.97. The minimum absolute atomic E-state index is 0.0202. The molecule has 3 rings (SSSR count). The molecule has 2 aromatic rings. The Hall–Kier alpha value is -2.36. The summed E-state index contributed by atoms with van der Waals surface area (Å²) in [5.74, 6) is 1.28. The van der Waals surface area contributed by atoms with Crippen molar-refractivity contribution in [1.29, 1.82) is 0 Å². The van der Waals surface area contributed by atoms with Crippen LogP contribution in [0.4, 0.5) is 0 Å². The lowest BCUT2D eigenvalue weighted by Crippen LogP contribution is -2.37. The molecule has 0 saturated heterocycles. The number of nitrogens with zero attached hydrogens (tertiary/aromatic N) is 1. The number of aromatic nitrogens is 1. The number of benzene rings is 1. The van der Waals surface area contributed by atoms with Crippen molar-refractivity contribution >= 4 is 5.78 Å². The van der Waals surface area contributed by atoms with Crippen molar-refractivity contribution in [3.63, 3.8) is 0 Å². The average molecular weight is 255 g/mol. The summed E-state index contributed by atoms with van der Waals surface area (Å²) in [7, 11) is 0. The average Bonchev–Trinajstić information content (AvgIpc) is 2.48. The van der Waals surface area contributed by atoms with Crippen molar-refractivity contribution in [1.82, 2.24) is 4.98 Å². The smallest absolute Gasteiger partial charge is 0.191 e. The van der Waals surface area contributed by atoms with E-state index in [-0.39, 0.29) is 18.8 Å². The Kier molecular flexibility index (Phi) is 3.14. The van der Waals surface area contributed by atoms with E-state index in [0.717, 1.165) is 5.69 Å². The van der Waals surface area contributed by atoms with Gasteiger partial charge < -0.3 is 9.47 Å². The molecule has 0 N–H and O–H groups in total. The van der Waals surface area contributed by atoms with Crippen molar-refractivity contribution in [3.8, 4) is 11.5 Å². The number of pyridine rings is 1. The van der Waals surface area contributed by atoms with Crippen LogP contribution in [0.5, 0.6) is 11.5 Å². The maximum atomic E-state index is 12.1. The summed E-state index contributed by atoms with van der Waals surface area (Å²) in [6.07, 6.45) is 1.38. The van der Waals surface area contributed by atoms with E-state index >= 15 is 0 Å². The highest BCUT2D eigenvalue weighted by Crippen LogP contribution is 2.31. The molecule has 1 atom stereocenters. The first-order chi connectivity index (χ1) is 9.33. The summed E-state index contributed by atoms with van der Waals surface area (Å²) >= 11 is 0. The Morgan fingerprint density at radius 1 is 1.16 bits per heavy atom. The minimum atomic E-state index is -0.558. The van der Waals surface area contributed by atoms with E-state index in [4.69, 9.17) is 9.47 Å². The van der Waals surface area contributed by atoms with Crippen molar-refractivity contribution in [2.24, 2.45) is 0 Å². The number of hydrogen-bond donors (Lipinski definition) is 0. The zero-order valence-corrected chi connectivity index (χ0v) is 10.3. The fraction of sp³-hybridized carbons (Fsp3) is 0.200. The molecule has 4 nitrogen and oxygen atoms in total. The summed E-state index contributed by atoms with van der Waals surface area (Å²) < 4.78 is 11.2. The molecule has 1 aliphatic rings. The van der Waals surface area contributed by atoms with Crippen LogP contribution in [0.25, 0.3) is 0 Å². The molecule has 0 amide bonds. The fourth-order valence-electron chi connectivity index (χ4n) is 1.97. The van der Waals surface area contributed by atoms with Crippen molar-refractivity contribution in [2.45, 2.75) is 12.5 Å². The largest absolute Gasteiger partial charge is 0.485 e. The second-order valence-corrected chi connectivity index (χ2v) is 4.33. The molecule has 19 heavy (non-hydrogen) atoms. The number of rotatable bonds is 3. The third-order valence-electron chi connectivity index (χ3n) is 2.95. The summed E-state index contributed by atoms with van der Waals surface area (Å²) in [5.41, 5.74) is 0.745. The van der Waals surface area contributed by atoms with Gasteiger partial charge in [-0.25, -0.2) is 0 Å². The van der Waals surface area contributed by atoms with Gasteiger partial charge in [0.05, 0.1) is 6.42 Å². The van der Waals surface area contributed by atoms with Gasteiger partial charge in [-0.2, -0.15) is 0 Å². The second kappa shape index (κ2) is 5.10. The lowest BCUT2D eigenvalue weighted by atomic mass is 10.1. The molecule has 0 aliphatic carbocycles. The van der Waals surface area contributed by atoms with E-state index in [2.05, 4.69) is 4.98 Å². The van der Waals surface area contributed by atoms with E-state index in [1.807, 2.05) is 36.4 Å². The lowest BCUT2D eigenvalue weighted by Gasteiger charge is -2.25. The molecular weight excluding hydrogens is 242 g/mol. The summed E-state index contributed by atoms with van der Waals surface area (Å²) in [5, 5.41) is 0. The lowest BCUT2D eigenvalue weighted by molar-refractivity contribution is -0.127. The Morgan fingerprint density at radius 2 is 1.95 bits per heavy atom.